The Morgan fingerprint density at radius 1 is 1.06 bits per heavy atom. The molecule has 4 saturated carbocycles. The number of aliphatic hydroxyl groups excluding tert-OH is 1. The number of likely N-dealkylation sites (N-methyl/N-ethyl adjacent to an activating group) is 1. The fourth-order valence-corrected chi connectivity index (χ4v) is 8.54. The molecule has 4 nitrogen and oxygen atoms in total. The lowest BCUT2D eigenvalue weighted by Gasteiger charge is -2.55. The van der Waals surface area contributed by atoms with Crippen LogP contribution in [0.2, 0.25) is 0 Å². The number of fused-ring (bicyclic) bond motifs is 1. The van der Waals surface area contributed by atoms with Crippen molar-refractivity contribution in [1.29, 1.82) is 0 Å². The van der Waals surface area contributed by atoms with E-state index >= 15 is 0 Å². The van der Waals surface area contributed by atoms with Gasteiger partial charge in [0.05, 0.1) is 11.5 Å². The van der Waals surface area contributed by atoms with E-state index in [9.17, 15) is 9.90 Å². The van der Waals surface area contributed by atoms with Crippen molar-refractivity contribution < 1.29 is 9.90 Å². The summed E-state index contributed by atoms with van der Waals surface area (Å²) >= 11 is 1.60. The summed E-state index contributed by atoms with van der Waals surface area (Å²) in [4.78, 5) is 16.9. The fraction of sp³-hybridized carbons (Fsp3) is 0.483. The maximum Gasteiger partial charge on any atom is 0.231 e. The van der Waals surface area contributed by atoms with E-state index in [2.05, 4.69) is 53.8 Å². The predicted octanol–water partition coefficient (Wildman–Crippen LogP) is 6.32. The third-order valence-corrected chi connectivity index (χ3v) is 9.56. The Balaban J connectivity index is 1.36. The summed E-state index contributed by atoms with van der Waals surface area (Å²) in [6.45, 7) is 0.520. The molecule has 0 saturated heterocycles. The largest absolute Gasteiger partial charge is 0.387 e. The van der Waals surface area contributed by atoms with Crippen LogP contribution >= 0.6 is 11.3 Å². The third-order valence-electron chi connectivity index (χ3n) is 8.46. The molecule has 3 aromatic rings. The number of benzene rings is 2. The Morgan fingerprint density at radius 2 is 1.71 bits per heavy atom. The Bertz CT molecular complexity index is 1190. The van der Waals surface area contributed by atoms with Crippen molar-refractivity contribution in [3.63, 3.8) is 0 Å². The summed E-state index contributed by atoms with van der Waals surface area (Å²) in [5.41, 5.74) is 1.78. The maximum atomic E-state index is 13.8. The molecule has 0 aliphatic heterocycles. The van der Waals surface area contributed by atoms with Gasteiger partial charge in [-0.2, -0.15) is 0 Å². The quantitative estimate of drug-likeness (QED) is 0.440. The molecule has 0 radical (unpaired) electrons. The van der Waals surface area contributed by atoms with Gasteiger partial charge in [0.25, 0.3) is 0 Å². The van der Waals surface area contributed by atoms with Crippen LogP contribution in [0.1, 0.15) is 50.2 Å². The van der Waals surface area contributed by atoms with Crippen molar-refractivity contribution in [2.45, 2.75) is 44.6 Å². The molecule has 2 aromatic carbocycles. The summed E-state index contributed by atoms with van der Waals surface area (Å²) < 4.78 is 0. The average molecular weight is 475 g/mol. The van der Waals surface area contributed by atoms with Crippen LogP contribution in [0.15, 0.2) is 48.5 Å². The number of amides is 1. The lowest BCUT2D eigenvalue weighted by Crippen LogP contribution is -2.51. The van der Waals surface area contributed by atoms with Gasteiger partial charge in [-0.15, -0.1) is 11.3 Å². The molecule has 4 aliphatic carbocycles. The first-order valence-electron chi connectivity index (χ1n) is 12.7. The van der Waals surface area contributed by atoms with Crippen LogP contribution in [0.5, 0.6) is 0 Å². The number of hydrogen-bond donors (Lipinski definition) is 2. The highest BCUT2D eigenvalue weighted by Crippen LogP contribution is 2.60. The standard InChI is InChI=1S/C29H34N2O2S/c1-31(2)17-25(32)24-13-26(23-9-5-7-21-6-3-4-8-22(21)23)34-27(24)30-28(33)29-14-18-10-19(15-29)12-20(11-18)16-29/h3-9,13,18-20,25,32H,10-12,14-17H2,1-2H3,(H,30,33). The second-order valence-electron chi connectivity index (χ2n) is 11.4. The van der Waals surface area contributed by atoms with Crippen molar-refractivity contribution in [2.75, 3.05) is 26.0 Å². The van der Waals surface area contributed by atoms with Crippen molar-refractivity contribution in [3.05, 3.63) is 54.1 Å². The molecule has 1 unspecified atom stereocenters. The molecule has 1 aromatic heterocycles. The molecule has 2 N–H and O–H groups in total. The van der Waals surface area contributed by atoms with Crippen LogP contribution in [-0.4, -0.2) is 36.6 Å². The first-order chi connectivity index (χ1) is 16.4. The molecular formula is C29H34N2O2S. The first-order valence-corrected chi connectivity index (χ1v) is 13.5. The summed E-state index contributed by atoms with van der Waals surface area (Å²) in [6, 6.07) is 16.8. The van der Waals surface area contributed by atoms with Gasteiger partial charge in [0.15, 0.2) is 0 Å². The first kappa shape index (κ1) is 22.3. The maximum absolute atomic E-state index is 13.8. The molecule has 1 amide bonds. The molecule has 178 valence electrons. The molecule has 4 bridgehead atoms. The lowest BCUT2D eigenvalue weighted by molar-refractivity contribution is -0.140. The molecular weight excluding hydrogens is 440 g/mol. The minimum atomic E-state index is -0.651. The van der Waals surface area contributed by atoms with E-state index < -0.39 is 6.10 Å². The minimum absolute atomic E-state index is 0.191. The summed E-state index contributed by atoms with van der Waals surface area (Å²) in [5.74, 6) is 2.37. The van der Waals surface area contributed by atoms with Gasteiger partial charge < -0.3 is 15.3 Å². The zero-order chi connectivity index (χ0) is 23.4. The monoisotopic (exact) mass is 474 g/mol. The van der Waals surface area contributed by atoms with Crippen LogP contribution in [-0.2, 0) is 4.79 Å². The molecule has 34 heavy (non-hydrogen) atoms. The number of carbonyl (C=O) groups excluding carboxylic acids is 1. The zero-order valence-corrected chi connectivity index (χ0v) is 20.9. The highest BCUT2D eigenvalue weighted by molar-refractivity contribution is 7.19. The fourth-order valence-electron chi connectivity index (χ4n) is 7.39. The molecule has 1 heterocycles. The second kappa shape index (κ2) is 8.47. The van der Waals surface area contributed by atoms with Gasteiger partial charge in [0.1, 0.15) is 5.00 Å². The van der Waals surface area contributed by atoms with Crippen LogP contribution in [0, 0.1) is 23.2 Å². The van der Waals surface area contributed by atoms with Gasteiger partial charge in [-0.05, 0) is 92.8 Å². The van der Waals surface area contributed by atoms with Crippen LogP contribution in [0.4, 0.5) is 5.00 Å². The SMILES string of the molecule is CN(C)CC(O)c1cc(-c2cccc3ccccc23)sc1NC(=O)C12CC3CC(CC(C3)C1)C2. The van der Waals surface area contributed by atoms with Gasteiger partial charge in [-0.3, -0.25) is 4.79 Å². The Labute approximate surface area is 206 Å². The molecule has 5 heteroatoms. The van der Waals surface area contributed by atoms with Crippen molar-refractivity contribution in [2.24, 2.45) is 23.2 Å². The lowest BCUT2D eigenvalue weighted by atomic mass is 9.49. The van der Waals surface area contributed by atoms with E-state index in [1.165, 1.54) is 30.0 Å². The number of anilines is 1. The van der Waals surface area contributed by atoms with E-state index in [-0.39, 0.29) is 11.3 Å². The van der Waals surface area contributed by atoms with E-state index in [4.69, 9.17) is 0 Å². The van der Waals surface area contributed by atoms with E-state index in [0.29, 0.717) is 6.54 Å². The average Bonchev–Trinajstić information content (AvgIpc) is 3.21. The van der Waals surface area contributed by atoms with E-state index in [1.807, 2.05) is 19.0 Å². The van der Waals surface area contributed by atoms with E-state index in [1.54, 1.807) is 11.3 Å². The molecule has 7 rings (SSSR count). The van der Waals surface area contributed by atoms with Crippen molar-refractivity contribution >= 4 is 33.0 Å². The highest BCUT2D eigenvalue weighted by Gasteiger charge is 2.54. The van der Waals surface area contributed by atoms with Crippen LogP contribution in [0.3, 0.4) is 0 Å². The van der Waals surface area contributed by atoms with Gasteiger partial charge in [-0.25, -0.2) is 0 Å². The van der Waals surface area contributed by atoms with Crippen LogP contribution in [0.25, 0.3) is 21.2 Å². The van der Waals surface area contributed by atoms with E-state index in [0.717, 1.165) is 58.0 Å². The highest BCUT2D eigenvalue weighted by atomic mass is 32.1. The van der Waals surface area contributed by atoms with Gasteiger partial charge in [0.2, 0.25) is 5.91 Å². The smallest absolute Gasteiger partial charge is 0.231 e. The molecule has 0 spiro atoms. The number of aliphatic hydroxyl groups is 1. The van der Waals surface area contributed by atoms with Crippen molar-refractivity contribution in [3.8, 4) is 10.4 Å². The number of nitrogens with zero attached hydrogens (tertiary/aromatic N) is 1. The Morgan fingerprint density at radius 3 is 2.38 bits per heavy atom. The minimum Gasteiger partial charge on any atom is -0.387 e. The topological polar surface area (TPSA) is 52.6 Å². The normalized spacial score (nSPS) is 28.5. The van der Waals surface area contributed by atoms with Crippen molar-refractivity contribution in [1.82, 2.24) is 4.90 Å². The number of nitrogens with one attached hydrogen (secondary N) is 1. The van der Waals surface area contributed by atoms with Gasteiger partial charge in [0, 0.05) is 17.0 Å². The summed E-state index contributed by atoms with van der Waals surface area (Å²) in [5, 5.41) is 17.7. The van der Waals surface area contributed by atoms with Gasteiger partial charge >= 0.3 is 0 Å². The number of hydrogen-bond acceptors (Lipinski definition) is 4. The van der Waals surface area contributed by atoms with Gasteiger partial charge in [-0.1, -0.05) is 42.5 Å². The molecule has 4 fully saturated rings. The number of thiophene rings is 1. The number of carbonyl (C=O) groups is 1. The number of rotatable bonds is 6. The predicted molar refractivity (Wildman–Crippen MR) is 140 cm³/mol. The summed E-state index contributed by atoms with van der Waals surface area (Å²) in [6.07, 6.45) is 6.45. The van der Waals surface area contributed by atoms with Crippen LogP contribution < -0.4 is 5.32 Å². The Hall–Kier alpha value is -2.21. The zero-order valence-electron chi connectivity index (χ0n) is 20.1. The second-order valence-corrected chi connectivity index (χ2v) is 12.4. The molecule has 4 aliphatic rings. The Kier molecular flexibility index (Phi) is 5.55. The third kappa shape index (κ3) is 3.88. The summed E-state index contributed by atoms with van der Waals surface area (Å²) in [7, 11) is 3.93. The molecule has 1 atom stereocenters.